The number of ether oxygens (including phenoxy) is 2. The molecule has 1 amide bonds. The van der Waals surface area contributed by atoms with Crippen molar-refractivity contribution in [1.29, 1.82) is 0 Å². The van der Waals surface area contributed by atoms with Gasteiger partial charge in [-0.1, -0.05) is 24.3 Å². The molecule has 0 fully saturated rings. The predicted molar refractivity (Wildman–Crippen MR) is 106 cm³/mol. The molecule has 0 unspecified atom stereocenters. The first-order valence-corrected chi connectivity index (χ1v) is 9.24. The molecule has 0 aliphatic heterocycles. The average molecular weight is 395 g/mol. The highest BCUT2D eigenvalue weighted by atomic mass is 32.1. The molecule has 6 nitrogen and oxygen atoms in total. The lowest BCUT2D eigenvalue weighted by Crippen LogP contribution is -2.11. The molecule has 3 rings (SSSR count). The lowest BCUT2D eigenvalue weighted by Gasteiger charge is -2.08. The molecule has 0 saturated carbocycles. The van der Waals surface area contributed by atoms with Gasteiger partial charge in [0.15, 0.2) is 0 Å². The highest BCUT2D eigenvalue weighted by Crippen LogP contribution is 2.16. The van der Waals surface area contributed by atoms with Crippen LogP contribution in [0.15, 0.2) is 66.0 Å². The largest absolute Gasteiger partial charge is 0.465 e. The molecular formula is C21H17NO5S. The van der Waals surface area contributed by atoms with Gasteiger partial charge in [0, 0.05) is 5.69 Å². The SMILES string of the molecule is COC(=O)c1ccc(COC(=O)c2cccc(NC(=O)c3cccs3)c2)cc1. The molecule has 1 N–H and O–H groups in total. The maximum Gasteiger partial charge on any atom is 0.338 e. The van der Waals surface area contributed by atoms with Gasteiger partial charge in [-0.15, -0.1) is 11.3 Å². The normalized spacial score (nSPS) is 10.2. The number of nitrogens with one attached hydrogen (secondary N) is 1. The molecule has 0 aliphatic carbocycles. The highest BCUT2D eigenvalue weighted by Gasteiger charge is 2.11. The van der Waals surface area contributed by atoms with E-state index in [4.69, 9.17) is 4.74 Å². The van der Waals surface area contributed by atoms with Gasteiger partial charge in [-0.25, -0.2) is 9.59 Å². The van der Waals surface area contributed by atoms with Gasteiger partial charge in [-0.3, -0.25) is 4.79 Å². The molecule has 0 atom stereocenters. The fraction of sp³-hybridized carbons (Fsp3) is 0.0952. The van der Waals surface area contributed by atoms with Crippen LogP contribution >= 0.6 is 11.3 Å². The summed E-state index contributed by atoms with van der Waals surface area (Å²) >= 11 is 1.34. The number of benzene rings is 2. The van der Waals surface area contributed by atoms with E-state index < -0.39 is 11.9 Å². The van der Waals surface area contributed by atoms with Crippen molar-refractivity contribution in [3.8, 4) is 0 Å². The molecule has 2 aromatic carbocycles. The van der Waals surface area contributed by atoms with Crippen molar-refractivity contribution in [2.24, 2.45) is 0 Å². The Hall–Kier alpha value is -3.45. The maximum absolute atomic E-state index is 12.3. The average Bonchev–Trinajstić information content (AvgIpc) is 3.27. The minimum absolute atomic E-state index is 0.0616. The fourth-order valence-corrected chi connectivity index (χ4v) is 3.03. The molecule has 0 radical (unpaired) electrons. The van der Waals surface area contributed by atoms with E-state index in [1.54, 1.807) is 60.7 Å². The Morgan fingerprint density at radius 3 is 2.39 bits per heavy atom. The van der Waals surface area contributed by atoms with Gasteiger partial charge in [0.05, 0.1) is 23.1 Å². The van der Waals surface area contributed by atoms with E-state index in [1.807, 2.05) is 5.38 Å². The molecule has 1 heterocycles. The zero-order valence-corrected chi connectivity index (χ0v) is 15.8. The summed E-state index contributed by atoms with van der Waals surface area (Å²) in [5.41, 5.74) is 2.00. The second-order valence-electron chi connectivity index (χ2n) is 5.78. The number of anilines is 1. The number of methoxy groups -OCH3 is 1. The Morgan fingerprint density at radius 2 is 1.71 bits per heavy atom. The molecule has 0 bridgehead atoms. The molecule has 3 aromatic rings. The van der Waals surface area contributed by atoms with E-state index >= 15 is 0 Å². The molecule has 1 aromatic heterocycles. The Kier molecular flexibility index (Phi) is 6.18. The molecule has 7 heteroatoms. The molecular weight excluding hydrogens is 378 g/mol. The number of rotatable bonds is 6. The zero-order valence-electron chi connectivity index (χ0n) is 15.0. The zero-order chi connectivity index (χ0) is 19.9. The summed E-state index contributed by atoms with van der Waals surface area (Å²) < 4.78 is 9.95. The third-order valence-electron chi connectivity index (χ3n) is 3.85. The standard InChI is InChI=1S/C21H17NO5S/c1-26-20(24)15-9-7-14(8-10-15)13-27-21(25)16-4-2-5-17(12-16)22-19(23)18-6-3-11-28-18/h2-12H,13H2,1H3,(H,22,23). The third kappa shape index (κ3) is 4.83. The van der Waals surface area contributed by atoms with Crippen LogP contribution < -0.4 is 5.32 Å². The van der Waals surface area contributed by atoms with Crippen LogP contribution in [0.4, 0.5) is 5.69 Å². The van der Waals surface area contributed by atoms with Crippen molar-refractivity contribution in [2.75, 3.05) is 12.4 Å². The summed E-state index contributed by atoms with van der Waals surface area (Å²) in [4.78, 5) is 36.4. The third-order valence-corrected chi connectivity index (χ3v) is 4.71. The summed E-state index contributed by atoms with van der Waals surface area (Å²) in [7, 11) is 1.31. The van der Waals surface area contributed by atoms with Gasteiger partial charge in [0.2, 0.25) is 0 Å². The van der Waals surface area contributed by atoms with E-state index in [-0.39, 0.29) is 12.5 Å². The monoisotopic (exact) mass is 395 g/mol. The topological polar surface area (TPSA) is 81.7 Å². The van der Waals surface area contributed by atoms with Crippen LogP contribution in [-0.4, -0.2) is 25.0 Å². The number of esters is 2. The van der Waals surface area contributed by atoms with Crippen LogP contribution in [0.5, 0.6) is 0 Å². The first kappa shape index (κ1) is 19.3. The number of hydrogen-bond acceptors (Lipinski definition) is 6. The van der Waals surface area contributed by atoms with Crippen molar-refractivity contribution in [3.05, 3.63) is 87.6 Å². The number of amides is 1. The van der Waals surface area contributed by atoms with Gasteiger partial charge in [0.25, 0.3) is 5.91 Å². The minimum atomic E-state index is -0.510. The quantitative estimate of drug-likeness (QED) is 0.634. The maximum atomic E-state index is 12.3. The molecule has 28 heavy (non-hydrogen) atoms. The minimum Gasteiger partial charge on any atom is -0.465 e. The van der Waals surface area contributed by atoms with Crippen LogP contribution in [0.2, 0.25) is 0 Å². The second-order valence-corrected chi connectivity index (χ2v) is 6.72. The van der Waals surface area contributed by atoms with E-state index in [9.17, 15) is 14.4 Å². The van der Waals surface area contributed by atoms with E-state index in [1.165, 1.54) is 18.4 Å². The van der Waals surface area contributed by atoms with Gasteiger partial charge in [0.1, 0.15) is 6.61 Å². The first-order chi connectivity index (χ1) is 13.6. The molecule has 0 spiro atoms. The smallest absolute Gasteiger partial charge is 0.338 e. The Labute approximate surface area is 165 Å². The number of hydrogen-bond donors (Lipinski definition) is 1. The van der Waals surface area contributed by atoms with Crippen LogP contribution in [0.1, 0.15) is 36.0 Å². The lowest BCUT2D eigenvalue weighted by atomic mass is 10.1. The molecule has 142 valence electrons. The predicted octanol–water partition coefficient (Wildman–Crippen LogP) is 4.14. The van der Waals surface area contributed by atoms with Gasteiger partial charge in [-0.2, -0.15) is 0 Å². The van der Waals surface area contributed by atoms with Crippen molar-refractivity contribution >= 4 is 34.9 Å². The van der Waals surface area contributed by atoms with Crippen LogP contribution in [0, 0.1) is 0 Å². The lowest BCUT2D eigenvalue weighted by molar-refractivity contribution is 0.0471. The molecule has 0 aliphatic rings. The Morgan fingerprint density at radius 1 is 0.929 bits per heavy atom. The second kappa shape index (κ2) is 8.96. The van der Waals surface area contributed by atoms with Crippen molar-refractivity contribution in [3.63, 3.8) is 0 Å². The van der Waals surface area contributed by atoms with Gasteiger partial charge >= 0.3 is 11.9 Å². The van der Waals surface area contributed by atoms with Gasteiger partial charge in [-0.05, 0) is 47.3 Å². The number of carbonyl (C=O) groups is 3. The summed E-state index contributed by atoms with van der Waals surface area (Å²) in [5, 5.41) is 4.58. The number of carbonyl (C=O) groups excluding carboxylic acids is 3. The Bertz CT molecular complexity index is 980. The summed E-state index contributed by atoms with van der Waals surface area (Å²) in [6.07, 6.45) is 0. The summed E-state index contributed by atoms with van der Waals surface area (Å²) in [6, 6.07) is 16.7. The fourth-order valence-electron chi connectivity index (χ4n) is 2.41. The first-order valence-electron chi connectivity index (χ1n) is 8.36. The van der Waals surface area contributed by atoms with E-state index in [0.29, 0.717) is 21.7 Å². The van der Waals surface area contributed by atoms with Crippen molar-refractivity contribution < 1.29 is 23.9 Å². The van der Waals surface area contributed by atoms with Crippen molar-refractivity contribution in [2.45, 2.75) is 6.61 Å². The Balaban J connectivity index is 1.60. The van der Waals surface area contributed by atoms with Crippen LogP contribution in [-0.2, 0) is 16.1 Å². The summed E-state index contributed by atoms with van der Waals surface area (Å²) in [5.74, 6) is -1.17. The van der Waals surface area contributed by atoms with Crippen LogP contribution in [0.25, 0.3) is 0 Å². The van der Waals surface area contributed by atoms with E-state index in [0.717, 1.165) is 5.56 Å². The molecule has 0 saturated heterocycles. The van der Waals surface area contributed by atoms with Crippen molar-refractivity contribution in [1.82, 2.24) is 0 Å². The van der Waals surface area contributed by atoms with E-state index in [2.05, 4.69) is 10.1 Å². The van der Waals surface area contributed by atoms with Gasteiger partial charge < -0.3 is 14.8 Å². The number of thiophene rings is 1. The van der Waals surface area contributed by atoms with Crippen LogP contribution in [0.3, 0.4) is 0 Å². The highest BCUT2D eigenvalue weighted by molar-refractivity contribution is 7.12. The summed E-state index contributed by atoms with van der Waals surface area (Å²) in [6.45, 7) is 0.0616.